The van der Waals surface area contributed by atoms with Crippen LogP contribution >= 0.6 is 0 Å². The normalized spacial score (nSPS) is 19.1. The van der Waals surface area contributed by atoms with Gasteiger partial charge in [0.25, 0.3) is 0 Å². The number of carbonyl (C=O) groups excluding carboxylic acids is 1. The number of imide groups is 1. The van der Waals surface area contributed by atoms with Crippen molar-refractivity contribution in [2.75, 3.05) is 24.5 Å². The van der Waals surface area contributed by atoms with Gasteiger partial charge in [-0.05, 0) is 68.8 Å². The van der Waals surface area contributed by atoms with E-state index in [2.05, 4.69) is 11.8 Å². The number of rotatable bonds is 5. The number of hydrogen-bond acceptors (Lipinski definition) is 3. The molecule has 0 aromatic heterocycles. The van der Waals surface area contributed by atoms with Crippen LogP contribution in [-0.2, 0) is 17.6 Å². The number of likely N-dealkylation sites (tertiary alicyclic amines) is 1. The van der Waals surface area contributed by atoms with Crippen molar-refractivity contribution in [2.45, 2.75) is 51.9 Å². The van der Waals surface area contributed by atoms with E-state index in [9.17, 15) is 14.7 Å². The minimum Gasteiger partial charge on any atom is -0.464 e. The van der Waals surface area contributed by atoms with E-state index in [1.54, 1.807) is 0 Å². The van der Waals surface area contributed by atoms with Crippen molar-refractivity contribution in [3.63, 3.8) is 0 Å². The number of piperidine rings is 1. The summed E-state index contributed by atoms with van der Waals surface area (Å²) in [5, 5.41) is 9.50. The molecule has 5 nitrogen and oxygen atoms in total. The molecule has 0 spiro atoms. The highest BCUT2D eigenvalue weighted by Gasteiger charge is 2.32. The Morgan fingerprint density at radius 1 is 1.24 bits per heavy atom. The molecule has 5 heteroatoms. The van der Waals surface area contributed by atoms with E-state index < -0.39 is 6.09 Å². The summed E-state index contributed by atoms with van der Waals surface area (Å²) in [6, 6.07) is 5.95. The van der Waals surface area contributed by atoms with E-state index in [-0.39, 0.29) is 12.3 Å². The molecule has 2 aliphatic heterocycles. The van der Waals surface area contributed by atoms with Crippen LogP contribution in [0.1, 0.15) is 50.2 Å². The fraction of sp³-hybridized carbons (Fsp3) is 0.600. The van der Waals surface area contributed by atoms with Crippen LogP contribution in [0.5, 0.6) is 0 Å². The molecule has 0 atom stereocenters. The molecule has 0 radical (unpaired) electrons. The van der Waals surface area contributed by atoms with Gasteiger partial charge in [-0.1, -0.05) is 31.5 Å². The number of carbonyl (C=O) groups is 2. The Kier molecular flexibility index (Phi) is 5.74. The molecule has 1 fully saturated rings. The van der Waals surface area contributed by atoms with E-state index in [0.29, 0.717) is 18.0 Å². The van der Waals surface area contributed by atoms with E-state index >= 15 is 0 Å². The largest absolute Gasteiger partial charge is 0.464 e. The van der Waals surface area contributed by atoms with Gasteiger partial charge in [0.05, 0.1) is 5.69 Å². The SMILES string of the molecule is CCCCN1CCC(Cc2cccc3c2N(C(=O)O)C(=O)CC3)CC1. The predicted molar refractivity (Wildman–Crippen MR) is 98.0 cm³/mol. The zero-order valence-electron chi connectivity index (χ0n) is 15.0. The second-order valence-electron chi connectivity index (χ2n) is 7.28. The molecular weight excluding hydrogens is 316 g/mol. The third kappa shape index (κ3) is 4.03. The highest BCUT2D eigenvalue weighted by Crippen LogP contribution is 2.34. The van der Waals surface area contributed by atoms with Gasteiger partial charge in [0.2, 0.25) is 5.91 Å². The van der Waals surface area contributed by atoms with Crippen molar-refractivity contribution >= 4 is 17.7 Å². The number of unbranched alkanes of at least 4 members (excludes halogenated alkanes) is 1. The van der Waals surface area contributed by atoms with Gasteiger partial charge in [-0.25, -0.2) is 9.69 Å². The van der Waals surface area contributed by atoms with Crippen molar-refractivity contribution in [1.29, 1.82) is 0 Å². The summed E-state index contributed by atoms with van der Waals surface area (Å²) in [6.45, 7) is 5.66. The van der Waals surface area contributed by atoms with Crippen LogP contribution in [0.4, 0.5) is 10.5 Å². The topological polar surface area (TPSA) is 60.9 Å². The number of para-hydroxylation sites is 1. The monoisotopic (exact) mass is 344 g/mol. The molecule has 0 bridgehead atoms. The van der Waals surface area contributed by atoms with Gasteiger partial charge in [-0.15, -0.1) is 0 Å². The van der Waals surface area contributed by atoms with Crippen LogP contribution in [0.25, 0.3) is 0 Å². The van der Waals surface area contributed by atoms with Gasteiger partial charge in [-0.2, -0.15) is 0 Å². The lowest BCUT2D eigenvalue weighted by Crippen LogP contribution is -2.40. The third-order valence-electron chi connectivity index (χ3n) is 5.52. The number of anilines is 1. The van der Waals surface area contributed by atoms with Crippen molar-refractivity contribution in [3.05, 3.63) is 29.3 Å². The summed E-state index contributed by atoms with van der Waals surface area (Å²) >= 11 is 0. The third-order valence-corrected chi connectivity index (χ3v) is 5.52. The fourth-order valence-electron chi connectivity index (χ4n) is 4.09. The van der Waals surface area contributed by atoms with Crippen molar-refractivity contribution in [3.8, 4) is 0 Å². The van der Waals surface area contributed by atoms with Gasteiger partial charge in [0, 0.05) is 6.42 Å². The summed E-state index contributed by atoms with van der Waals surface area (Å²) in [5.74, 6) is 0.263. The Hall–Kier alpha value is -1.88. The van der Waals surface area contributed by atoms with Crippen LogP contribution in [-0.4, -0.2) is 41.6 Å². The molecule has 0 saturated carbocycles. The van der Waals surface area contributed by atoms with E-state index in [4.69, 9.17) is 0 Å². The average Bonchev–Trinajstić information content (AvgIpc) is 2.61. The lowest BCUT2D eigenvalue weighted by molar-refractivity contribution is -0.118. The maximum atomic E-state index is 12.1. The smallest absolute Gasteiger partial charge is 0.418 e. The molecule has 2 aliphatic rings. The Balaban J connectivity index is 1.72. The first-order valence-corrected chi connectivity index (χ1v) is 9.49. The Morgan fingerprint density at radius 3 is 2.68 bits per heavy atom. The zero-order chi connectivity index (χ0) is 17.8. The molecule has 136 valence electrons. The maximum Gasteiger partial charge on any atom is 0.418 e. The summed E-state index contributed by atoms with van der Waals surface area (Å²) in [6.07, 6.45) is 5.40. The number of nitrogens with zero attached hydrogens (tertiary/aromatic N) is 2. The van der Waals surface area contributed by atoms with Crippen LogP contribution in [0, 0.1) is 5.92 Å². The minimum atomic E-state index is -1.16. The Morgan fingerprint density at radius 2 is 2.00 bits per heavy atom. The van der Waals surface area contributed by atoms with E-state index in [0.717, 1.165) is 48.4 Å². The number of benzene rings is 1. The molecule has 3 rings (SSSR count). The molecule has 25 heavy (non-hydrogen) atoms. The standard InChI is InChI=1S/C20H28N2O3/c1-2-3-11-21-12-9-15(10-13-21)14-17-6-4-5-16-7-8-18(23)22(19(16)17)20(24)25/h4-6,15H,2-3,7-14H2,1H3,(H,24,25). The molecule has 1 aromatic carbocycles. The molecule has 2 heterocycles. The number of carboxylic acid groups (broad SMARTS) is 1. The summed E-state index contributed by atoms with van der Waals surface area (Å²) in [5.41, 5.74) is 2.64. The van der Waals surface area contributed by atoms with Crippen LogP contribution in [0.2, 0.25) is 0 Å². The fourth-order valence-corrected chi connectivity index (χ4v) is 4.09. The lowest BCUT2D eigenvalue weighted by atomic mass is 9.87. The van der Waals surface area contributed by atoms with Crippen molar-refractivity contribution < 1.29 is 14.7 Å². The summed E-state index contributed by atoms with van der Waals surface area (Å²) in [7, 11) is 0. The number of amides is 2. The van der Waals surface area contributed by atoms with E-state index in [1.165, 1.54) is 19.4 Å². The van der Waals surface area contributed by atoms with Gasteiger partial charge < -0.3 is 10.0 Å². The second kappa shape index (κ2) is 8.00. The molecule has 1 aromatic rings. The lowest BCUT2D eigenvalue weighted by Gasteiger charge is -2.33. The van der Waals surface area contributed by atoms with Gasteiger partial charge >= 0.3 is 6.09 Å². The Labute approximate surface area is 149 Å². The van der Waals surface area contributed by atoms with Gasteiger partial charge in [0.15, 0.2) is 0 Å². The van der Waals surface area contributed by atoms with Gasteiger partial charge in [0.1, 0.15) is 0 Å². The maximum absolute atomic E-state index is 12.1. The first-order valence-electron chi connectivity index (χ1n) is 9.49. The van der Waals surface area contributed by atoms with Crippen molar-refractivity contribution in [2.24, 2.45) is 5.92 Å². The van der Waals surface area contributed by atoms with Crippen LogP contribution < -0.4 is 4.90 Å². The summed E-state index contributed by atoms with van der Waals surface area (Å²) in [4.78, 5) is 27.3. The first kappa shape index (κ1) is 17.9. The molecule has 0 unspecified atom stereocenters. The van der Waals surface area contributed by atoms with E-state index in [1.807, 2.05) is 18.2 Å². The van der Waals surface area contributed by atoms with Crippen LogP contribution in [0.15, 0.2) is 18.2 Å². The number of aryl methyl sites for hydroxylation is 1. The number of fused-ring (bicyclic) bond motifs is 1. The minimum absolute atomic E-state index is 0.276. The first-order chi connectivity index (χ1) is 12.1. The molecule has 1 N–H and O–H groups in total. The summed E-state index contributed by atoms with van der Waals surface area (Å²) < 4.78 is 0. The van der Waals surface area contributed by atoms with Crippen LogP contribution in [0.3, 0.4) is 0 Å². The highest BCUT2D eigenvalue weighted by atomic mass is 16.4. The van der Waals surface area contributed by atoms with Crippen molar-refractivity contribution in [1.82, 2.24) is 4.90 Å². The zero-order valence-corrected chi connectivity index (χ0v) is 15.0. The quantitative estimate of drug-likeness (QED) is 0.885. The second-order valence-corrected chi connectivity index (χ2v) is 7.28. The highest BCUT2D eigenvalue weighted by molar-refractivity contribution is 6.13. The number of hydrogen-bond donors (Lipinski definition) is 1. The molecule has 2 amide bonds. The predicted octanol–water partition coefficient (Wildman–Crippen LogP) is 3.70. The Bertz CT molecular complexity index is 636. The molecule has 1 saturated heterocycles. The average molecular weight is 344 g/mol. The molecular formula is C20H28N2O3. The van der Waals surface area contributed by atoms with Gasteiger partial charge in [-0.3, -0.25) is 4.79 Å². The molecule has 0 aliphatic carbocycles.